The molecule has 0 aromatic carbocycles. The molecule has 1 amide bonds. The molecule has 0 spiro atoms. The van der Waals surface area contributed by atoms with E-state index in [9.17, 15) is 13.6 Å². The minimum atomic E-state index is -0.978. The highest BCUT2D eigenvalue weighted by Gasteiger charge is 2.28. The predicted molar refractivity (Wildman–Crippen MR) is 61.0 cm³/mol. The quantitative estimate of drug-likeness (QED) is 0.801. The first kappa shape index (κ1) is 15.3. The second kappa shape index (κ2) is 6.81. The Balaban J connectivity index is 0.00000225. The van der Waals surface area contributed by atoms with E-state index in [4.69, 9.17) is 0 Å². The number of rotatable bonds is 3. The van der Waals surface area contributed by atoms with Gasteiger partial charge in [0.1, 0.15) is 12.0 Å². The SMILES string of the molecule is CC(C)=C(F)CNC(=O)[C@@H]1C[C@@H](F)CN1.Cl. The van der Waals surface area contributed by atoms with Crippen LogP contribution in [-0.2, 0) is 4.79 Å². The van der Waals surface area contributed by atoms with Gasteiger partial charge in [0.2, 0.25) is 5.91 Å². The molecule has 0 aromatic heterocycles. The molecule has 94 valence electrons. The number of carbonyl (C=O) groups excluding carboxylic acids is 1. The molecule has 1 rings (SSSR count). The highest BCUT2D eigenvalue weighted by Crippen LogP contribution is 2.10. The number of hydrogen-bond acceptors (Lipinski definition) is 2. The van der Waals surface area contributed by atoms with E-state index < -0.39 is 12.2 Å². The predicted octanol–water partition coefficient (Wildman–Crippen LogP) is 1.49. The third-order valence-corrected chi connectivity index (χ3v) is 2.35. The molecule has 0 radical (unpaired) electrons. The Morgan fingerprint density at radius 2 is 2.12 bits per heavy atom. The Labute approximate surface area is 100 Å². The largest absolute Gasteiger partial charge is 0.348 e. The fourth-order valence-corrected chi connectivity index (χ4v) is 1.36. The molecule has 0 unspecified atom stereocenters. The van der Waals surface area contributed by atoms with E-state index in [-0.39, 0.29) is 43.7 Å². The van der Waals surface area contributed by atoms with Gasteiger partial charge in [-0.2, -0.15) is 0 Å². The van der Waals surface area contributed by atoms with Crippen LogP contribution in [0.1, 0.15) is 20.3 Å². The molecule has 1 fully saturated rings. The summed E-state index contributed by atoms with van der Waals surface area (Å²) in [7, 11) is 0. The van der Waals surface area contributed by atoms with Gasteiger partial charge in [-0.25, -0.2) is 8.78 Å². The molecule has 0 aromatic rings. The third-order valence-electron chi connectivity index (χ3n) is 2.35. The van der Waals surface area contributed by atoms with Crippen LogP contribution in [0.3, 0.4) is 0 Å². The van der Waals surface area contributed by atoms with Crippen molar-refractivity contribution in [3.8, 4) is 0 Å². The van der Waals surface area contributed by atoms with Crippen LogP contribution >= 0.6 is 12.4 Å². The Morgan fingerprint density at radius 3 is 2.56 bits per heavy atom. The fraction of sp³-hybridized carbons (Fsp3) is 0.700. The Morgan fingerprint density at radius 1 is 1.50 bits per heavy atom. The molecule has 16 heavy (non-hydrogen) atoms. The molecule has 2 N–H and O–H groups in total. The number of hydrogen-bond donors (Lipinski definition) is 2. The number of amides is 1. The van der Waals surface area contributed by atoms with Crippen LogP contribution in [0.25, 0.3) is 0 Å². The lowest BCUT2D eigenvalue weighted by atomic mass is 10.2. The first-order valence-electron chi connectivity index (χ1n) is 4.97. The van der Waals surface area contributed by atoms with E-state index >= 15 is 0 Å². The summed E-state index contributed by atoms with van der Waals surface area (Å²) >= 11 is 0. The molecule has 0 bridgehead atoms. The van der Waals surface area contributed by atoms with Crippen molar-refractivity contribution in [2.75, 3.05) is 13.1 Å². The minimum absolute atomic E-state index is 0. The summed E-state index contributed by atoms with van der Waals surface area (Å²) in [6.45, 7) is 3.35. The normalized spacial score (nSPS) is 23.5. The highest BCUT2D eigenvalue weighted by molar-refractivity contribution is 5.85. The van der Waals surface area contributed by atoms with E-state index in [0.29, 0.717) is 5.57 Å². The maximum Gasteiger partial charge on any atom is 0.237 e. The van der Waals surface area contributed by atoms with Crippen LogP contribution < -0.4 is 10.6 Å². The molecular weight excluding hydrogens is 238 g/mol. The van der Waals surface area contributed by atoms with Gasteiger partial charge in [0.15, 0.2) is 0 Å². The molecular formula is C10H17ClF2N2O. The number of allylic oxidation sites excluding steroid dienone is 1. The van der Waals surface area contributed by atoms with Crippen molar-refractivity contribution in [3.05, 3.63) is 11.4 Å². The monoisotopic (exact) mass is 254 g/mol. The zero-order valence-corrected chi connectivity index (χ0v) is 10.2. The first-order valence-corrected chi connectivity index (χ1v) is 4.97. The molecule has 6 heteroatoms. The van der Waals surface area contributed by atoms with Crippen LogP contribution in [0.15, 0.2) is 11.4 Å². The molecule has 1 aliphatic rings. The zero-order chi connectivity index (χ0) is 11.4. The van der Waals surface area contributed by atoms with Gasteiger partial charge >= 0.3 is 0 Å². The lowest BCUT2D eigenvalue weighted by Crippen LogP contribution is -2.40. The minimum Gasteiger partial charge on any atom is -0.348 e. The summed E-state index contributed by atoms with van der Waals surface area (Å²) in [5.74, 6) is -0.690. The van der Waals surface area contributed by atoms with Gasteiger partial charge < -0.3 is 10.6 Å². The Bertz CT molecular complexity index is 280. The van der Waals surface area contributed by atoms with E-state index in [1.807, 2.05) is 0 Å². The third kappa shape index (κ3) is 4.45. The fourth-order valence-electron chi connectivity index (χ4n) is 1.36. The lowest BCUT2D eigenvalue weighted by Gasteiger charge is -2.10. The van der Waals surface area contributed by atoms with Gasteiger partial charge in [-0.3, -0.25) is 4.79 Å². The van der Waals surface area contributed by atoms with Gasteiger partial charge in [0.25, 0.3) is 0 Å². The number of nitrogens with one attached hydrogen (secondary N) is 2. The van der Waals surface area contributed by atoms with E-state index in [1.54, 1.807) is 13.8 Å². The van der Waals surface area contributed by atoms with E-state index in [1.165, 1.54) is 0 Å². The van der Waals surface area contributed by atoms with Gasteiger partial charge in [-0.1, -0.05) is 0 Å². The average molecular weight is 255 g/mol. The molecule has 3 nitrogen and oxygen atoms in total. The Hall–Kier alpha value is -0.680. The van der Waals surface area contributed by atoms with Crippen molar-refractivity contribution < 1.29 is 13.6 Å². The maximum absolute atomic E-state index is 13.0. The number of alkyl halides is 1. The smallest absolute Gasteiger partial charge is 0.237 e. The summed E-state index contributed by atoms with van der Waals surface area (Å²) in [4.78, 5) is 11.4. The molecule has 1 aliphatic heterocycles. The van der Waals surface area contributed by atoms with E-state index in [2.05, 4.69) is 10.6 Å². The first-order chi connectivity index (χ1) is 7.00. The van der Waals surface area contributed by atoms with Crippen LogP contribution in [0.4, 0.5) is 8.78 Å². The average Bonchev–Trinajstić information content (AvgIpc) is 2.60. The molecule has 0 saturated carbocycles. The summed E-state index contributed by atoms with van der Waals surface area (Å²) in [5.41, 5.74) is 0.540. The van der Waals surface area contributed by atoms with Crippen molar-refractivity contribution in [2.45, 2.75) is 32.5 Å². The van der Waals surface area contributed by atoms with Crippen LogP contribution in [0.2, 0.25) is 0 Å². The number of halogens is 3. The summed E-state index contributed by atoms with van der Waals surface area (Å²) in [5, 5.41) is 5.16. The van der Waals surface area contributed by atoms with E-state index in [0.717, 1.165) is 0 Å². The highest BCUT2D eigenvalue weighted by atomic mass is 35.5. The number of carbonyl (C=O) groups is 1. The van der Waals surface area contributed by atoms with Crippen LogP contribution in [-0.4, -0.2) is 31.2 Å². The van der Waals surface area contributed by atoms with Crippen molar-refractivity contribution in [1.29, 1.82) is 0 Å². The molecule has 0 aliphatic carbocycles. The van der Waals surface area contributed by atoms with Crippen molar-refractivity contribution in [2.24, 2.45) is 0 Å². The second-order valence-corrected chi connectivity index (χ2v) is 3.92. The molecule has 1 saturated heterocycles. The Kier molecular flexibility index (Phi) is 6.52. The van der Waals surface area contributed by atoms with Gasteiger partial charge in [0.05, 0.1) is 12.6 Å². The zero-order valence-electron chi connectivity index (χ0n) is 9.35. The summed E-state index contributed by atoms with van der Waals surface area (Å²) in [6.07, 6.45) is -0.809. The maximum atomic E-state index is 13.0. The summed E-state index contributed by atoms with van der Waals surface area (Å²) < 4.78 is 25.8. The summed E-state index contributed by atoms with van der Waals surface area (Å²) in [6, 6.07) is -0.523. The molecule has 1 heterocycles. The van der Waals surface area contributed by atoms with Crippen LogP contribution in [0, 0.1) is 0 Å². The topological polar surface area (TPSA) is 41.1 Å². The van der Waals surface area contributed by atoms with Crippen molar-refractivity contribution in [1.82, 2.24) is 10.6 Å². The van der Waals surface area contributed by atoms with Gasteiger partial charge in [-0.05, 0) is 19.4 Å². The molecule has 2 atom stereocenters. The van der Waals surface area contributed by atoms with Gasteiger partial charge in [0, 0.05) is 13.0 Å². The lowest BCUT2D eigenvalue weighted by molar-refractivity contribution is -0.122. The van der Waals surface area contributed by atoms with Gasteiger partial charge in [-0.15, -0.1) is 12.4 Å². The second-order valence-electron chi connectivity index (χ2n) is 3.92. The van der Waals surface area contributed by atoms with Crippen molar-refractivity contribution >= 4 is 18.3 Å². The van der Waals surface area contributed by atoms with Crippen molar-refractivity contribution in [3.63, 3.8) is 0 Å². The van der Waals surface area contributed by atoms with Crippen LogP contribution in [0.5, 0.6) is 0 Å². The standard InChI is InChI=1S/C10H16F2N2O.ClH/c1-6(2)8(12)5-14-10(15)9-3-7(11)4-13-9;/h7,9,13H,3-5H2,1-2H3,(H,14,15);1H/t7-,9+;/m1./s1.